The Morgan fingerprint density at radius 2 is 1.50 bits per heavy atom. The molecule has 0 aliphatic heterocycles. The smallest absolute Gasteiger partial charge is 0.266 e. The molecule has 0 saturated carbocycles. The Balaban J connectivity index is 2.48. The van der Waals surface area contributed by atoms with Gasteiger partial charge in [0.05, 0.1) is 5.69 Å². The van der Waals surface area contributed by atoms with Gasteiger partial charge in [-0.2, -0.15) is 0 Å². The zero-order valence-electron chi connectivity index (χ0n) is 9.75. The average Bonchev–Trinajstić information content (AvgIpc) is 2.39. The average molecular weight is 265 g/mol. The van der Waals surface area contributed by atoms with Crippen LogP contribution in [0, 0.1) is 5.82 Å². The Hall–Kier alpha value is -1.88. The van der Waals surface area contributed by atoms with E-state index in [1.807, 2.05) is 0 Å². The molecule has 18 heavy (non-hydrogen) atoms. The van der Waals surface area contributed by atoms with Crippen molar-refractivity contribution >= 4 is 15.7 Å². The van der Waals surface area contributed by atoms with E-state index in [2.05, 4.69) is 0 Å². The van der Waals surface area contributed by atoms with Crippen molar-refractivity contribution in [1.29, 1.82) is 0 Å². The number of sulfonamides is 1. The first-order valence-corrected chi connectivity index (χ1v) is 6.76. The number of anilines is 1. The molecule has 0 atom stereocenters. The molecule has 0 radical (unpaired) electrons. The predicted molar refractivity (Wildman–Crippen MR) is 68.4 cm³/mol. The van der Waals surface area contributed by atoms with Gasteiger partial charge in [0.15, 0.2) is 0 Å². The van der Waals surface area contributed by atoms with Crippen LogP contribution in [0.1, 0.15) is 0 Å². The summed E-state index contributed by atoms with van der Waals surface area (Å²) >= 11 is 0. The molecule has 5 heteroatoms. The third-order valence-corrected chi connectivity index (χ3v) is 4.41. The van der Waals surface area contributed by atoms with Crippen LogP contribution in [0.3, 0.4) is 0 Å². The minimum Gasteiger partial charge on any atom is -0.269 e. The van der Waals surface area contributed by atoms with Gasteiger partial charge in [0.2, 0.25) is 0 Å². The Morgan fingerprint density at radius 1 is 0.944 bits per heavy atom. The van der Waals surface area contributed by atoms with Crippen LogP contribution < -0.4 is 4.31 Å². The van der Waals surface area contributed by atoms with Gasteiger partial charge in [-0.25, -0.2) is 12.8 Å². The molecular formula is C13H12FNO2S. The Morgan fingerprint density at radius 3 is 2.11 bits per heavy atom. The largest absolute Gasteiger partial charge is 0.269 e. The topological polar surface area (TPSA) is 37.4 Å². The van der Waals surface area contributed by atoms with Gasteiger partial charge in [-0.1, -0.05) is 30.3 Å². The van der Waals surface area contributed by atoms with Crippen molar-refractivity contribution in [1.82, 2.24) is 0 Å². The maximum absolute atomic E-state index is 13.6. The van der Waals surface area contributed by atoms with Crippen LogP contribution in [-0.4, -0.2) is 15.5 Å². The maximum atomic E-state index is 13.6. The molecule has 0 N–H and O–H groups in total. The summed E-state index contributed by atoms with van der Waals surface area (Å²) in [6.45, 7) is 0. The number of para-hydroxylation sites is 1. The molecule has 0 spiro atoms. The van der Waals surface area contributed by atoms with E-state index in [1.54, 1.807) is 30.3 Å². The molecule has 2 rings (SSSR count). The van der Waals surface area contributed by atoms with E-state index in [9.17, 15) is 12.8 Å². The fourth-order valence-corrected chi connectivity index (χ4v) is 2.84. The van der Waals surface area contributed by atoms with Crippen molar-refractivity contribution in [3.8, 4) is 0 Å². The van der Waals surface area contributed by atoms with Gasteiger partial charge in [0.25, 0.3) is 10.0 Å². The van der Waals surface area contributed by atoms with Gasteiger partial charge in [-0.15, -0.1) is 0 Å². The van der Waals surface area contributed by atoms with E-state index < -0.39 is 15.8 Å². The second kappa shape index (κ2) is 4.78. The molecule has 2 aromatic carbocycles. The van der Waals surface area contributed by atoms with Crippen LogP contribution in [0.4, 0.5) is 10.1 Å². The third-order valence-electron chi connectivity index (χ3n) is 2.59. The molecule has 0 saturated heterocycles. The third kappa shape index (κ3) is 2.22. The van der Waals surface area contributed by atoms with Crippen LogP contribution in [0.15, 0.2) is 59.5 Å². The van der Waals surface area contributed by atoms with Crippen LogP contribution in [0.25, 0.3) is 0 Å². The highest BCUT2D eigenvalue weighted by Crippen LogP contribution is 2.23. The Kier molecular flexibility index (Phi) is 3.34. The molecule has 0 unspecified atom stereocenters. The molecule has 3 nitrogen and oxygen atoms in total. The van der Waals surface area contributed by atoms with Crippen LogP contribution in [0.2, 0.25) is 0 Å². The number of nitrogens with zero attached hydrogens (tertiary/aromatic N) is 1. The number of benzene rings is 2. The minimum absolute atomic E-state index is 0.323. The van der Waals surface area contributed by atoms with Crippen LogP contribution in [0.5, 0.6) is 0 Å². The molecule has 0 aliphatic rings. The molecule has 0 aromatic heterocycles. The van der Waals surface area contributed by atoms with Gasteiger partial charge in [0, 0.05) is 7.05 Å². The molecular weight excluding hydrogens is 253 g/mol. The maximum Gasteiger partial charge on any atom is 0.266 e. The molecule has 0 bridgehead atoms. The van der Waals surface area contributed by atoms with Gasteiger partial charge >= 0.3 is 0 Å². The van der Waals surface area contributed by atoms with E-state index in [-0.39, 0.29) is 4.90 Å². The van der Waals surface area contributed by atoms with Crippen molar-refractivity contribution < 1.29 is 12.8 Å². The first kappa shape index (κ1) is 12.6. The highest BCUT2D eigenvalue weighted by molar-refractivity contribution is 7.92. The zero-order valence-corrected chi connectivity index (χ0v) is 10.6. The highest BCUT2D eigenvalue weighted by Gasteiger charge is 2.24. The van der Waals surface area contributed by atoms with E-state index in [4.69, 9.17) is 0 Å². The summed E-state index contributed by atoms with van der Waals surface area (Å²) in [6, 6.07) is 13.9. The van der Waals surface area contributed by atoms with Gasteiger partial charge in [-0.3, -0.25) is 4.31 Å². The molecule has 2 aromatic rings. The highest BCUT2D eigenvalue weighted by atomic mass is 32.2. The van der Waals surface area contributed by atoms with Gasteiger partial charge < -0.3 is 0 Å². The second-order valence-corrected chi connectivity index (χ2v) is 5.68. The van der Waals surface area contributed by atoms with E-state index in [0.29, 0.717) is 5.69 Å². The lowest BCUT2D eigenvalue weighted by Gasteiger charge is -2.19. The monoisotopic (exact) mass is 265 g/mol. The summed E-state index contributed by atoms with van der Waals surface area (Å²) < 4.78 is 39.1. The quantitative estimate of drug-likeness (QED) is 0.855. The molecule has 0 aliphatic carbocycles. The van der Waals surface area contributed by atoms with Crippen molar-refractivity contribution in [2.45, 2.75) is 4.90 Å². The molecule has 0 amide bonds. The fourth-order valence-electron chi connectivity index (χ4n) is 1.58. The van der Waals surface area contributed by atoms with Crippen LogP contribution in [-0.2, 0) is 10.0 Å². The number of hydrogen-bond donors (Lipinski definition) is 0. The van der Waals surface area contributed by atoms with Crippen molar-refractivity contribution in [3.63, 3.8) is 0 Å². The first-order valence-electron chi connectivity index (χ1n) is 5.32. The summed E-state index contributed by atoms with van der Waals surface area (Å²) in [4.78, 5) is -0.323. The number of rotatable bonds is 3. The summed E-state index contributed by atoms with van der Waals surface area (Å²) in [5.74, 6) is -0.750. The second-order valence-electron chi connectivity index (χ2n) is 3.74. The van der Waals surface area contributed by atoms with Crippen molar-refractivity contribution in [2.24, 2.45) is 0 Å². The van der Waals surface area contributed by atoms with E-state index >= 15 is 0 Å². The number of hydrogen-bond acceptors (Lipinski definition) is 2. The van der Waals surface area contributed by atoms with Crippen molar-refractivity contribution in [2.75, 3.05) is 11.4 Å². The molecule has 0 fully saturated rings. The molecule has 0 heterocycles. The van der Waals surface area contributed by atoms with E-state index in [0.717, 1.165) is 10.4 Å². The van der Waals surface area contributed by atoms with E-state index in [1.165, 1.54) is 25.2 Å². The Labute approximate surface area is 106 Å². The summed E-state index contributed by atoms with van der Waals surface area (Å²) in [5.41, 5.74) is 0.487. The molecule has 94 valence electrons. The van der Waals surface area contributed by atoms with Gasteiger partial charge in [-0.05, 0) is 24.3 Å². The summed E-state index contributed by atoms with van der Waals surface area (Å²) in [5, 5.41) is 0. The lowest BCUT2D eigenvalue weighted by Crippen LogP contribution is -2.27. The minimum atomic E-state index is -3.86. The lowest BCUT2D eigenvalue weighted by atomic mass is 10.3. The van der Waals surface area contributed by atoms with Crippen molar-refractivity contribution in [3.05, 3.63) is 60.4 Å². The first-order chi connectivity index (χ1) is 8.53. The SMILES string of the molecule is CN(c1ccccc1)S(=O)(=O)c1ccccc1F. The van der Waals surface area contributed by atoms with Crippen LogP contribution >= 0.6 is 0 Å². The summed E-state index contributed by atoms with van der Waals surface area (Å²) in [6.07, 6.45) is 0. The fraction of sp³-hybridized carbons (Fsp3) is 0.0769. The van der Waals surface area contributed by atoms with Gasteiger partial charge in [0.1, 0.15) is 10.7 Å². The normalized spacial score (nSPS) is 11.2. The lowest BCUT2D eigenvalue weighted by molar-refractivity contribution is 0.566. The summed E-state index contributed by atoms with van der Waals surface area (Å²) in [7, 11) is -2.46. The zero-order chi connectivity index (χ0) is 13.2. The number of halogens is 1. The predicted octanol–water partition coefficient (Wildman–Crippen LogP) is 2.65. The standard InChI is InChI=1S/C13H12FNO2S/c1-15(11-7-3-2-4-8-11)18(16,17)13-10-6-5-9-12(13)14/h2-10H,1H3. The Bertz CT molecular complexity index is 641.